The van der Waals surface area contributed by atoms with Gasteiger partial charge < -0.3 is 10.4 Å². The van der Waals surface area contributed by atoms with Crippen LogP contribution in [0.25, 0.3) is 22.2 Å². The number of carbonyl (C=O) groups is 1. The Kier molecular flexibility index (Phi) is 4.64. The summed E-state index contributed by atoms with van der Waals surface area (Å²) in [6.07, 6.45) is 4.14. The molecular weight excluding hydrogens is 374 g/mol. The molecule has 0 saturated carbocycles. The number of amides is 1. The summed E-state index contributed by atoms with van der Waals surface area (Å²) >= 11 is 0. The first kappa shape index (κ1) is 18.3. The third-order valence-electron chi connectivity index (χ3n) is 5.63. The van der Waals surface area contributed by atoms with Crippen LogP contribution in [0.2, 0.25) is 0 Å². The Balaban J connectivity index is 1.33. The molecule has 4 aromatic rings. The summed E-state index contributed by atoms with van der Waals surface area (Å²) in [5.41, 5.74) is 3.41. The predicted molar refractivity (Wildman–Crippen MR) is 116 cm³/mol. The summed E-state index contributed by atoms with van der Waals surface area (Å²) in [6.45, 7) is 0. The fourth-order valence-electron chi connectivity index (χ4n) is 4.03. The average Bonchev–Trinajstić information content (AvgIpc) is 2.78. The smallest absolute Gasteiger partial charge is 0.255 e. The molecule has 2 N–H and O–H groups in total. The maximum absolute atomic E-state index is 12.8. The highest BCUT2D eigenvalue weighted by molar-refractivity contribution is 6.01. The van der Waals surface area contributed by atoms with Gasteiger partial charge in [-0.3, -0.25) is 4.79 Å². The minimum absolute atomic E-state index is 0.00162. The standard InChI is InChI=1S/C25H21N3O2/c29-23-14-18-9-5-4-8-17(18)13-21(23)25(30)27-20-10-11-22-19(12-20)15-26-24(28-22)16-6-2-1-3-7-16/h1-9,13-15,20,29H,10-12H2,(H,27,30). The first-order valence-corrected chi connectivity index (χ1v) is 10.1. The van der Waals surface area contributed by atoms with Crippen LogP contribution in [0.5, 0.6) is 5.75 Å². The number of benzene rings is 3. The molecule has 5 nitrogen and oxygen atoms in total. The molecule has 5 heteroatoms. The van der Waals surface area contributed by atoms with Gasteiger partial charge in [-0.1, -0.05) is 54.6 Å². The van der Waals surface area contributed by atoms with Crippen molar-refractivity contribution in [3.05, 3.63) is 89.7 Å². The average molecular weight is 395 g/mol. The lowest BCUT2D eigenvalue weighted by Crippen LogP contribution is -2.39. The van der Waals surface area contributed by atoms with Crippen LogP contribution < -0.4 is 5.32 Å². The normalized spacial score (nSPS) is 15.5. The lowest BCUT2D eigenvalue weighted by Gasteiger charge is -2.25. The third-order valence-corrected chi connectivity index (χ3v) is 5.63. The topological polar surface area (TPSA) is 75.1 Å². The molecule has 1 aromatic heterocycles. The minimum Gasteiger partial charge on any atom is -0.507 e. The molecule has 1 atom stereocenters. The third kappa shape index (κ3) is 3.50. The number of aromatic hydroxyl groups is 1. The van der Waals surface area contributed by atoms with Gasteiger partial charge in [0, 0.05) is 23.5 Å². The number of phenols is 1. The second-order valence-corrected chi connectivity index (χ2v) is 7.66. The molecule has 5 rings (SSSR count). The molecule has 0 saturated heterocycles. The number of hydrogen-bond acceptors (Lipinski definition) is 4. The van der Waals surface area contributed by atoms with E-state index in [1.54, 1.807) is 12.1 Å². The van der Waals surface area contributed by atoms with Gasteiger partial charge in [0.1, 0.15) is 5.75 Å². The van der Waals surface area contributed by atoms with Crippen molar-refractivity contribution in [3.8, 4) is 17.1 Å². The van der Waals surface area contributed by atoms with Crippen molar-refractivity contribution in [2.45, 2.75) is 25.3 Å². The van der Waals surface area contributed by atoms with Crippen LogP contribution in [0, 0.1) is 0 Å². The van der Waals surface area contributed by atoms with Gasteiger partial charge >= 0.3 is 0 Å². The number of nitrogens with zero attached hydrogens (tertiary/aromatic N) is 2. The van der Waals surface area contributed by atoms with Crippen LogP contribution in [0.15, 0.2) is 72.9 Å². The van der Waals surface area contributed by atoms with E-state index in [0.717, 1.165) is 46.3 Å². The number of phenolic OH excluding ortho intramolecular Hbond substituents is 1. The van der Waals surface area contributed by atoms with Crippen molar-refractivity contribution >= 4 is 16.7 Å². The van der Waals surface area contributed by atoms with Gasteiger partial charge in [-0.05, 0) is 47.7 Å². The van der Waals surface area contributed by atoms with Gasteiger partial charge in [0.15, 0.2) is 5.82 Å². The number of aromatic nitrogens is 2. The van der Waals surface area contributed by atoms with Crippen molar-refractivity contribution < 1.29 is 9.90 Å². The molecule has 0 radical (unpaired) electrons. The Labute approximate surface area is 174 Å². The molecule has 1 aliphatic carbocycles. The lowest BCUT2D eigenvalue weighted by molar-refractivity contribution is 0.0931. The molecule has 148 valence electrons. The molecular formula is C25H21N3O2. The molecule has 1 aliphatic rings. The largest absolute Gasteiger partial charge is 0.507 e. The predicted octanol–water partition coefficient (Wildman–Crippen LogP) is 4.29. The minimum atomic E-state index is -0.256. The monoisotopic (exact) mass is 395 g/mol. The molecule has 1 heterocycles. The summed E-state index contributed by atoms with van der Waals surface area (Å²) in [7, 11) is 0. The van der Waals surface area contributed by atoms with E-state index in [0.29, 0.717) is 12.0 Å². The van der Waals surface area contributed by atoms with Crippen LogP contribution in [0.3, 0.4) is 0 Å². The van der Waals surface area contributed by atoms with Crippen molar-refractivity contribution in [2.24, 2.45) is 0 Å². The van der Waals surface area contributed by atoms with Gasteiger partial charge in [0.05, 0.1) is 5.56 Å². The van der Waals surface area contributed by atoms with Gasteiger partial charge in [-0.2, -0.15) is 0 Å². The summed E-state index contributed by atoms with van der Waals surface area (Å²) in [5.74, 6) is 0.477. The zero-order valence-corrected chi connectivity index (χ0v) is 16.4. The Morgan fingerprint density at radius 3 is 2.53 bits per heavy atom. The number of fused-ring (bicyclic) bond motifs is 2. The SMILES string of the molecule is O=C(NC1CCc2nc(-c3ccccc3)ncc2C1)c1cc2ccccc2cc1O. The second kappa shape index (κ2) is 7.59. The molecule has 30 heavy (non-hydrogen) atoms. The van der Waals surface area contributed by atoms with E-state index in [-0.39, 0.29) is 17.7 Å². The first-order valence-electron chi connectivity index (χ1n) is 10.1. The Bertz CT molecular complexity index is 1240. The molecule has 0 aliphatic heterocycles. The summed E-state index contributed by atoms with van der Waals surface area (Å²) in [4.78, 5) is 22.1. The Hall–Kier alpha value is -3.73. The number of rotatable bonds is 3. The fraction of sp³-hybridized carbons (Fsp3) is 0.160. The van der Waals surface area contributed by atoms with E-state index in [2.05, 4.69) is 10.3 Å². The Morgan fingerprint density at radius 2 is 1.73 bits per heavy atom. The van der Waals surface area contributed by atoms with Crippen molar-refractivity contribution in [1.82, 2.24) is 15.3 Å². The van der Waals surface area contributed by atoms with Crippen LogP contribution in [0.4, 0.5) is 0 Å². The van der Waals surface area contributed by atoms with E-state index in [1.807, 2.05) is 60.8 Å². The summed E-state index contributed by atoms with van der Waals surface area (Å²) in [6, 6.07) is 21.0. The van der Waals surface area contributed by atoms with Crippen molar-refractivity contribution in [1.29, 1.82) is 0 Å². The lowest BCUT2D eigenvalue weighted by atomic mass is 9.92. The quantitative estimate of drug-likeness (QED) is 0.543. The van der Waals surface area contributed by atoms with Crippen LogP contribution >= 0.6 is 0 Å². The van der Waals surface area contributed by atoms with Crippen molar-refractivity contribution in [2.75, 3.05) is 0 Å². The molecule has 3 aromatic carbocycles. The second-order valence-electron chi connectivity index (χ2n) is 7.66. The Morgan fingerprint density at radius 1 is 1.00 bits per heavy atom. The van der Waals surface area contributed by atoms with Crippen LogP contribution in [0.1, 0.15) is 28.0 Å². The van der Waals surface area contributed by atoms with Crippen molar-refractivity contribution in [3.63, 3.8) is 0 Å². The van der Waals surface area contributed by atoms with Crippen LogP contribution in [-0.2, 0) is 12.8 Å². The highest BCUT2D eigenvalue weighted by Crippen LogP contribution is 2.26. The molecule has 1 amide bonds. The molecule has 0 fully saturated rings. The zero-order chi connectivity index (χ0) is 20.5. The van der Waals surface area contributed by atoms with E-state index >= 15 is 0 Å². The first-order chi connectivity index (χ1) is 14.7. The number of carbonyl (C=O) groups excluding carboxylic acids is 1. The number of nitrogens with one attached hydrogen (secondary N) is 1. The fourth-order valence-corrected chi connectivity index (χ4v) is 4.03. The van der Waals surface area contributed by atoms with Gasteiger partial charge in [-0.25, -0.2) is 9.97 Å². The van der Waals surface area contributed by atoms with E-state index < -0.39 is 0 Å². The zero-order valence-electron chi connectivity index (χ0n) is 16.4. The highest BCUT2D eigenvalue weighted by atomic mass is 16.3. The summed E-state index contributed by atoms with van der Waals surface area (Å²) in [5, 5.41) is 15.2. The summed E-state index contributed by atoms with van der Waals surface area (Å²) < 4.78 is 0. The number of hydrogen-bond donors (Lipinski definition) is 2. The van der Waals surface area contributed by atoms with Crippen LogP contribution in [-0.4, -0.2) is 27.0 Å². The van der Waals surface area contributed by atoms with E-state index in [9.17, 15) is 9.90 Å². The van der Waals surface area contributed by atoms with E-state index in [1.165, 1.54) is 0 Å². The molecule has 0 spiro atoms. The van der Waals surface area contributed by atoms with Gasteiger partial charge in [0.25, 0.3) is 5.91 Å². The maximum atomic E-state index is 12.8. The molecule has 1 unspecified atom stereocenters. The maximum Gasteiger partial charge on any atom is 0.255 e. The highest BCUT2D eigenvalue weighted by Gasteiger charge is 2.23. The van der Waals surface area contributed by atoms with Gasteiger partial charge in [0.2, 0.25) is 0 Å². The van der Waals surface area contributed by atoms with E-state index in [4.69, 9.17) is 4.98 Å². The van der Waals surface area contributed by atoms with Gasteiger partial charge in [-0.15, -0.1) is 0 Å². The number of aryl methyl sites for hydroxylation is 1. The molecule has 0 bridgehead atoms.